The van der Waals surface area contributed by atoms with Gasteiger partial charge in [-0.15, -0.1) is 0 Å². The van der Waals surface area contributed by atoms with E-state index in [9.17, 15) is 4.79 Å². The minimum Gasteiger partial charge on any atom is -0.483 e. The number of ether oxygens (including phenoxy) is 1. The quantitative estimate of drug-likeness (QED) is 0.662. The van der Waals surface area contributed by atoms with Crippen molar-refractivity contribution in [3.63, 3.8) is 0 Å². The van der Waals surface area contributed by atoms with Gasteiger partial charge < -0.3 is 15.0 Å². The molecule has 3 rings (SSSR count). The van der Waals surface area contributed by atoms with E-state index in [-0.39, 0.29) is 18.6 Å². The number of amides is 1. The van der Waals surface area contributed by atoms with Gasteiger partial charge in [0.1, 0.15) is 5.75 Å². The van der Waals surface area contributed by atoms with E-state index in [1.54, 1.807) is 0 Å². The zero-order valence-electron chi connectivity index (χ0n) is 15.5. The number of nitrogens with one attached hydrogen (secondary N) is 1. The molecule has 0 aliphatic rings. The molecule has 0 aliphatic carbocycles. The first kappa shape index (κ1) is 19.2. The Morgan fingerprint density at radius 3 is 2.52 bits per heavy atom. The van der Waals surface area contributed by atoms with Gasteiger partial charge in [-0.25, -0.2) is 0 Å². The van der Waals surface area contributed by atoms with Crippen LogP contribution in [-0.2, 0) is 4.79 Å². The SMILES string of the molecule is CN(C)[C@H](CNC(=O)COc1cccc2ccccc12)c1ccccc1Cl. The maximum atomic E-state index is 12.3. The van der Waals surface area contributed by atoms with E-state index in [1.807, 2.05) is 85.7 Å². The summed E-state index contributed by atoms with van der Waals surface area (Å²) in [6.45, 7) is 0.422. The molecule has 0 saturated carbocycles. The first-order chi connectivity index (χ1) is 13.1. The second kappa shape index (κ2) is 8.89. The number of likely N-dealkylation sites (N-methyl/N-ethyl adjacent to an activating group) is 1. The molecule has 27 heavy (non-hydrogen) atoms. The van der Waals surface area contributed by atoms with Crippen LogP contribution < -0.4 is 10.1 Å². The van der Waals surface area contributed by atoms with Gasteiger partial charge in [-0.1, -0.05) is 66.2 Å². The molecule has 0 radical (unpaired) electrons. The second-order valence-corrected chi connectivity index (χ2v) is 6.98. The number of rotatable bonds is 7. The first-order valence-electron chi connectivity index (χ1n) is 8.84. The highest BCUT2D eigenvalue weighted by Crippen LogP contribution is 2.26. The zero-order chi connectivity index (χ0) is 19.2. The van der Waals surface area contributed by atoms with Crippen LogP contribution in [0.5, 0.6) is 5.75 Å². The number of carbonyl (C=O) groups is 1. The first-order valence-corrected chi connectivity index (χ1v) is 9.22. The molecule has 1 N–H and O–H groups in total. The fourth-order valence-electron chi connectivity index (χ4n) is 3.04. The topological polar surface area (TPSA) is 41.6 Å². The number of benzene rings is 3. The lowest BCUT2D eigenvalue weighted by molar-refractivity contribution is -0.123. The van der Waals surface area contributed by atoms with E-state index in [2.05, 4.69) is 5.32 Å². The molecule has 0 spiro atoms. The summed E-state index contributed by atoms with van der Waals surface area (Å²) in [6.07, 6.45) is 0. The van der Waals surface area contributed by atoms with Gasteiger partial charge in [0.05, 0.1) is 6.04 Å². The number of hydrogen-bond donors (Lipinski definition) is 1. The molecule has 0 unspecified atom stereocenters. The monoisotopic (exact) mass is 382 g/mol. The molecule has 3 aromatic carbocycles. The van der Waals surface area contributed by atoms with Crippen molar-refractivity contribution in [2.75, 3.05) is 27.2 Å². The predicted molar refractivity (Wildman–Crippen MR) is 110 cm³/mol. The van der Waals surface area contributed by atoms with E-state index in [1.165, 1.54) is 0 Å². The molecule has 1 atom stereocenters. The van der Waals surface area contributed by atoms with Crippen LogP contribution in [0.4, 0.5) is 0 Å². The Labute approximate surface area is 164 Å². The molecule has 1 amide bonds. The average Bonchev–Trinajstić information content (AvgIpc) is 2.67. The van der Waals surface area contributed by atoms with Crippen molar-refractivity contribution in [1.29, 1.82) is 0 Å². The van der Waals surface area contributed by atoms with Crippen LogP contribution in [0, 0.1) is 0 Å². The average molecular weight is 383 g/mol. The van der Waals surface area contributed by atoms with Crippen LogP contribution in [0.2, 0.25) is 5.02 Å². The summed E-state index contributed by atoms with van der Waals surface area (Å²) in [5.41, 5.74) is 0.986. The molecule has 0 aliphatic heterocycles. The van der Waals surface area contributed by atoms with Crippen molar-refractivity contribution < 1.29 is 9.53 Å². The number of halogens is 1. The fourth-order valence-corrected chi connectivity index (χ4v) is 3.30. The molecule has 0 heterocycles. The van der Waals surface area contributed by atoms with Crippen LogP contribution in [0.15, 0.2) is 66.7 Å². The third-order valence-corrected chi connectivity index (χ3v) is 4.83. The van der Waals surface area contributed by atoms with Gasteiger partial charge in [-0.2, -0.15) is 0 Å². The number of nitrogens with zero attached hydrogens (tertiary/aromatic N) is 1. The van der Waals surface area contributed by atoms with Crippen molar-refractivity contribution in [2.24, 2.45) is 0 Å². The standard InChI is InChI=1S/C22H23ClN2O2/c1-25(2)20(18-11-5-6-12-19(18)23)14-24-22(26)15-27-21-13-7-9-16-8-3-4-10-17(16)21/h3-13,20H,14-15H2,1-2H3,(H,24,26)/t20-/m1/s1. The highest BCUT2D eigenvalue weighted by molar-refractivity contribution is 6.31. The van der Waals surface area contributed by atoms with Crippen LogP contribution in [0.1, 0.15) is 11.6 Å². The zero-order valence-corrected chi connectivity index (χ0v) is 16.2. The lowest BCUT2D eigenvalue weighted by Crippen LogP contribution is -2.37. The lowest BCUT2D eigenvalue weighted by atomic mass is 10.1. The maximum Gasteiger partial charge on any atom is 0.258 e. The molecule has 0 aromatic heterocycles. The Bertz CT molecular complexity index is 922. The molecule has 0 fully saturated rings. The van der Waals surface area contributed by atoms with Crippen molar-refractivity contribution in [3.8, 4) is 5.75 Å². The summed E-state index contributed by atoms with van der Waals surface area (Å²) < 4.78 is 5.75. The smallest absolute Gasteiger partial charge is 0.258 e. The minimum absolute atomic E-state index is 0.0137. The molecular formula is C22H23ClN2O2. The molecule has 4 nitrogen and oxygen atoms in total. The van der Waals surface area contributed by atoms with Crippen molar-refractivity contribution in [3.05, 3.63) is 77.3 Å². The van der Waals surface area contributed by atoms with Crippen LogP contribution in [0.25, 0.3) is 10.8 Å². The van der Waals surface area contributed by atoms with Gasteiger partial charge in [0, 0.05) is 17.0 Å². The van der Waals surface area contributed by atoms with Gasteiger partial charge in [0.2, 0.25) is 0 Å². The van der Waals surface area contributed by atoms with Gasteiger partial charge in [-0.05, 0) is 37.2 Å². The summed E-state index contributed by atoms with van der Waals surface area (Å²) in [5.74, 6) is 0.542. The normalized spacial score (nSPS) is 12.1. The summed E-state index contributed by atoms with van der Waals surface area (Å²) >= 11 is 6.31. The third kappa shape index (κ3) is 4.79. The second-order valence-electron chi connectivity index (χ2n) is 6.57. The van der Waals surface area contributed by atoms with Gasteiger partial charge in [-0.3, -0.25) is 4.79 Å². The Balaban J connectivity index is 1.61. The van der Waals surface area contributed by atoms with Gasteiger partial charge >= 0.3 is 0 Å². The molecule has 140 valence electrons. The van der Waals surface area contributed by atoms with Crippen molar-refractivity contribution in [2.45, 2.75) is 6.04 Å². The maximum absolute atomic E-state index is 12.3. The van der Waals surface area contributed by atoms with Crippen LogP contribution in [0.3, 0.4) is 0 Å². The third-order valence-electron chi connectivity index (χ3n) is 4.49. The highest BCUT2D eigenvalue weighted by Gasteiger charge is 2.18. The Kier molecular flexibility index (Phi) is 6.32. The number of carbonyl (C=O) groups excluding carboxylic acids is 1. The van der Waals surface area contributed by atoms with Crippen LogP contribution >= 0.6 is 11.6 Å². The fraction of sp³-hybridized carbons (Fsp3) is 0.227. The van der Waals surface area contributed by atoms with Crippen molar-refractivity contribution in [1.82, 2.24) is 10.2 Å². The molecular weight excluding hydrogens is 360 g/mol. The lowest BCUT2D eigenvalue weighted by Gasteiger charge is -2.26. The Hall–Kier alpha value is -2.56. The molecule has 0 bridgehead atoms. The van der Waals surface area contributed by atoms with Gasteiger partial charge in [0.15, 0.2) is 6.61 Å². The number of hydrogen-bond acceptors (Lipinski definition) is 3. The van der Waals surface area contributed by atoms with E-state index >= 15 is 0 Å². The Morgan fingerprint density at radius 1 is 1.04 bits per heavy atom. The predicted octanol–water partition coefficient (Wildman–Crippen LogP) is 4.29. The summed E-state index contributed by atoms with van der Waals surface area (Å²) in [5, 5.41) is 5.72. The van der Waals surface area contributed by atoms with E-state index in [0.29, 0.717) is 17.3 Å². The number of fused-ring (bicyclic) bond motifs is 1. The largest absolute Gasteiger partial charge is 0.483 e. The minimum atomic E-state index is -0.165. The van der Waals surface area contributed by atoms with E-state index in [0.717, 1.165) is 16.3 Å². The molecule has 3 aromatic rings. The molecule has 0 saturated heterocycles. The summed E-state index contributed by atoms with van der Waals surface area (Å²) in [6, 6.07) is 21.4. The Morgan fingerprint density at radius 2 is 1.74 bits per heavy atom. The summed E-state index contributed by atoms with van der Waals surface area (Å²) in [4.78, 5) is 14.3. The molecule has 5 heteroatoms. The van der Waals surface area contributed by atoms with Crippen molar-refractivity contribution >= 4 is 28.3 Å². The summed E-state index contributed by atoms with van der Waals surface area (Å²) in [7, 11) is 3.93. The van der Waals surface area contributed by atoms with Crippen LogP contribution in [-0.4, -0.2) is 38.1 Å². The van der Waals surface area contributed by atoms with E-state index in [4.69, 9.17) is 16.3 Å². The van der Waals surface area contributed by atoms with Gasteiger partial charge in [0.25, 0.3) is 5.91 Å². The highest BCUT2D eigenvalue weighted by atomic mass is 35.5. The van der Waals surface area contributed by atoms with E-state index < -0.39 is 0 Å².